The van der Waals surface area contributed by atoms with Crippen molar-refractivity contribution in [2.75, 3.05) is 33.4 Å². The van der Waals surface area contributed by atoms with E-state index in [-0.39, 0.29) is 0 Å². The van der Waals surface area contributed by atoms with Gasteiger partial charge in [-0.05, 0) is 38.5 Å². The molecule has 0 radical (unpaired) electrons. The average molecular weight is 229 g/mol. The van der Waals surface area contributed by atoms with E-state index >= 15 is 0 Å². The minimum absolute atomic E-state index is 0.360. The molecule has 0 spiro atoms. The summed E-state index contributed by atoms with van der Waals surface area (Å²) in [6.45, 7) is 8.00. The normalized spacial score (nSPS) is 18.8. The Morgan fingerprint density at radius 1 is 1.25 bits per heavy atom. The Morgan fingerprint density at radius 2 is 2.00 bits per heavy atom. The van der Waals surface area contributed by atoms with E-state index in [9.17, 15) is 0 Å². The third kappa shape index (κ3) is 4.81. The smallest absolute Gasteiger partial charge is 0.0587 e. The van der Waals surface area contributed by atoms with E-state index in [2.05, 4.69) is 19.2 Å². The van der Waals surface area contributed by atoms with Gasteiger partial charge in [0.1, 0.15) is 0 Å². The molecule has 0 aromatic rings. The molecule has 3 nitrogen and oxygen atoms in total. The van der Waals surface area contributed by atoms with Crippen LogP contribution in [0, 0.1) is 5.41 Å². The molecule has 1 aliphatic rings. The second kappa shape index (κ2) is 7.25. The van der Waals surface area contributed by atoms with E-state index in [1.165, 1.54) is 25.7 Å². The van der Waals surface area contributed by atoms with Crippen molar-refractivity contribution in [1.82, 2.24) is 5.32 Å². The van der Waals surface area contributed by atoms with Gasteiger partial charge in [0.2, 0.25) is 0 Å². The van der Waals surface area contributed by atoms with Crippen LogP contribution in [0.15, 0.2) is 0 Å². The van der Waals surface area contributed by atoms with E-state index in [1.807, 2.05) is 0 Å². The van der Waals surface area contributed by atoms with Crippen molar-refractivity contribution in [2.24, 2.45) is 5.41 Å². The number of methoxy groups -OCH3 is 1. The average Bonchev–Trinajstić information content (AvgIpc) is 2.19. The third-order valence-electron chi connectivity index (χ3n) is 3.48. The fourth-order valence-electron chi connectivity index (χ4n) is 2.23. The quantitative estimate of drug-likeness (QED) is 0.615. The van der Waals surface area contributed by atoms with Gasteiger partial charge in [0, 0.05) is 26.8 Å². The second-order valence-corrected chi connectivity index (χ2v) is 5.19. The lowest BCUT2D eigenvalue weighted by molar-refractivity contribution is 0.0225. The fourth-order valence-corrected chi connectivity index (χ4v) is 2.23. The van der Waals surface area contributed by atoms with Crippen LogP contribution in [0.2, 0.25) is 0 Å². The first-order valence-electron chi connectivity index (χ1n) is 6.50. The number of hydrogen-bond acceptors (Lipinski definition) is 3. The monoisotopic (exact) mass is 229 g/mol. The molecular weight excluding hydrogens is 202 g/mol. The van der Waals surface area contributed by atoms with Gasteiger partial charge in [0.25, 0.3) is 0 Å². The van der Waals surface area contributed by atoms with Crippen LogP contribution in [0.1, 0.15) is 39.5 Å². The van der Waals surface area contributed by atoms with Gasteiger partial charge in [0.15, 0.2) is 0 Å². The zero-order valence-corrected chi connectivity index (χ0v) is 11.1. The van der Waals surface area contributed by atoms with Gasteiger partial charge in [-0.25, -0.2) is 0 Å². The molecule has 0 amide bonds. The molecule has 1 saturated carbocycles. The predicted molar refractivity (Wildman–Crippen MR) is 66.7 cm³/mol. The van der Waals surface area contributed by atoms with Gasteiger partial charge >= 0.3 is 0 Å². The molecule has 0 aromatic heterocycles. The molecule has 0 heterocycles. The Morgan fingerprint density at radius 3 is 2.50 bits per heavy atom. The molecule has 1 N–H and O–H groups in total. The highest BCUT2D eigenvalue weighted by atomic mass is 16.5. The van der Waals surface area contributed by atoms with Gasteiger partial charge in [-0.3, -0.25) is 0 Å². The summed E-state index contributed by atoms with van der Waals surface area (Å²) < 4.78 is 10.7. The van der Waals surface area contributed by atoms with Gasteiger partial charge in [-0.15, -0.1) is 0 Å². The van der Waals surface area contributed by atoms with Crippen molar-refractivity contribution < 1.29 is 9.47 Å². The van der Waals surface area contributed by atoms with Crippen molar-refractivity contribution >= 4 is 0 Å². The summed E-state index contributed by atoms with van der Waals surface area (Å²) in [5.74, 6) is 0. The molecule has 0 saturated heterocycles. The highest BCUT2D eigenvalue weighted by Gasteiger charge is 2.35. The fraction of sp³-hybridized carbons (Fsp3) is 1.00. The lowest BCUT2D eigenvalue weighted by Gasteiger charge is -2.42. The first-order chi connectivity index (χ1) is 7.68. The predicted octanol–water partition coefficient (Wildman–Crippen LogP) is 2.21. The van der Waals surface area contributed by atoms with Crippen LogP contribution in [0.4, 0.5) is 0 Å². The van der Waals surface area contributed by atoms with Crippen molar-refractivity contribution in [3.05, 3.63) is 0 Å². The third-order valence-corrected chi connectivity index (χ3v) is 3.48. The minimum atomic E-state index is 0.360. The molecule has 0 bridgehead atoms. The first-order valence-corrected chi connectivity index (χ1v) is 6.50. The highest BCUT2D eigenvalue weighted by molar-refractivity contribution is 4.89. The van der Waals surface area contributed by atoms with E-state index < -0.39 is 0 Å². The Hall–Kier alpha value is -0.120. The molecule has 96 valence electrons. The zero-order chi connectivity index (χ0) is 11.9. The number of rotatable bonds is 9. The van der Waals surface area contributed by atoms with Crippen molar-refractivity contribution in [1.29, 1.82) is 0 Å². The summed E-state index contributed by atoms with van der Waals surface area (Å²) in [7, 11) is 1.75. The second-order valence-electron chi connectivity index (χ2n) is 5.19. The van der Waals surface area contributed by atoms with Crippen LogP contribution in [-0.2, 0) is 9.47 Å². The van der Waals surface area contributed by atoms with Crippen molar-refractivity contribution in [3.8, 4) is 0 Å². The molecule has 0 aliphatic heterocycles. The molecule has 1 aliphatic carbocycles. The summed E-state index contributed by atoms with van der Waals surface area (Å²) in [6.07, 6.45) is 5.65. The molecule has 1 fully saturated rings. The minimum Gasteiger partial charge on any atom is -0.383 e. The van der Waals surface area contributed by atoms with Gasteiger partial charge in [-0.1, -0.05) is 6.42 Å². The lowest BCUT2D eigenvalue weighted by atomic mass is 9.67. The standard InChI is InChI=1S/C13H27NO2/c1-12(2)16-9-7-13(5-4-6-13)11-14-8-10-15-3/h12,14H,4-11H2,1-3H3. The topological polar surface area (TPSA) is 30.5 Å². The molecule has 0 aromatic carbocycles. The van der Waals surface area contributed by atoms with Crippen molar-refractivity contribution in [3.63, 3.8) is 0 Å². The zero-order valence-electron chi connectivity index (χ0n) is 11.1. The first kappa shape index (κ1) is 13.9. The molecule has 1 rings (SSSR count). The summed E-state index contributed by atoms with van der Waals surface area (Å²) >= 11 is 0. The highest BCUT2D eigenvalue weighted by Crippen LogP contribution is 2.43. The lowest BCUT2D eigenvalue weighted by Crippen LogP contribution is -2.41. The maximum absolute atomic E-state index is 5.65. The molecule has 3 heteroatoms. The maximum Gasteiger partial charge on any atom is 0.0587 e. The van der Waals surface area contributed by atoms with Crippen molar-refractivity contribution in [2.45, 2.75) is 45.6 Å². The molecule has 0 atom stereocenters. The van der Waals surface area contributed by atoms with Crippen LogP contribution in [0.5, 0.6) is 0 Å². The van der Waals surface area contributed by atoms with Gasteiger partial charge in [-0.2, -0.15) is 0 Å². The Bertz CT molecular complexity index is 179. The van der Waals surface area contributed by atoms with E-state index in [0.29, 0.717) is 11.5 Å². The Labute approximate surface area is 99.9 Å². The summed E-state index contributed by atoms with van der Waals surface area (Å²) in [6, 6.07) is 0. The Balaban J connectivity index is 2.12. The number of ether oxygens (including phenoxy) is 2. The molecule has 16 heavy (non-hydrogen) atoms. The van der Waals surface area contributed by atoms with E-state index in [0.717, 1.165) is 26.3 Å². The number of hydrogen-bond donors (Lipinski definition) is 1. The summed E-state index contributed by atoms with van der Waals surface area (Å²) in [5, 5.41) is 3.49. The van der Waals surface area contributed by atoms with Gasteiger partial charge in [0.05, 0.1) is 12.7 Å². The van der Waals surface area contributed by atoms with Gasteiger partial charge < -0.3 is 14.8 Å². The van der Waals surface area contributed by atoms with Crippen LogP contribution >= 0.6 is 0 Å². The van der Waals surface area contributed by atoms with Crippen LogP contribution in [0.25, 0.3) is 0 Å². The van der Waals surface area contributed by atoms with Crippen LogP contribution < -0.4 is 5.32 Å². The van der Waals surface area contributed by atoms with E-state index in [4.69, 9.17) is 9.47 Å². The summed E-state index contributed by atoms with van der Waals surface area (Å²) in [5.41, 5.74) is 0.516. The van der Waals surface area contributed by atoms with E-state index in [1.54, 1.807) is 7.11 Å². The largest absolute Gasteiger partial charge is 0.383 e. The van der Waals surface area contributed by atoms with Crippen LogP contribution in [-0.4, -0.2) is 39.5 Å². The Kier molecular flexibility index (Phi) is 6.32. The maximum atomic E-state index is 5.65. The number of nitrogens with one attached hydrogen (secondary N) is 1. The molecule has 0 unspecified atom stereocenters. The molecular formula is C13H27NO2. The van der Waals surface area contributed by atoms with Crippen LogP contribution in [0.3, 0.4) is 0 Å². The SMILES string of the molecule is COCCNCC1(CCOC(C)C)CCC1. The summed E-state index contributed by atoms with van der Waals surface area (Å²) in [4.78, 5) is 0.